The number of nitrogens with one attached hydrogen (secondary N) is 1. The molecule has 0 aliphatic carbocycles. The molecule has 0 spiro atoms. The number of carbonyl (C=O) groups is 1. The van der Waals surface area contributed by atoms with Crippen LogP contribution in [0.2, 0.25) is 0 Å². The molecule has 0 aliphatic heterocycles. The molecule has 1 amide bonds. The van der Waals surface area contributed by atoms with Crippen LogP contribution >= 0.6 is 0 Å². The Bertz CT molecular complexity index is 705. The maximum Gasteiger partial charge on any atom is 0.251 e. The van der Waals surface area contributed by atoms with Gasteiger partial charge < -0.3 is 9.73 Å². The van der Waals surface area contributed by atoms with Crippen molar-refractivity contribution < 1.29 is 17.6 Å². The highest BCUT2D eigenvalue weighted by Gasteiger charge is 2.15. The molecule has 0 bridgehead atoms. The van der Waals surface area contributed by atoms with Crippen LogP contribution < -0.4 is 5.32 Å². The van der Waals surface area contributed by atoms with E-state index in [1.807, 2.05) is 0 Å². The third-order valence-corrected chi connectivity index (χ3v) is 3.95. The molecule has 0 fully saturated rings. The van der Waals surface area contributed by atoms with Gasteiger partial charge in [-0.05, 0) is 37.3 Å². The summed E-state index contributed by atoms with van der Waals surface area (Å²) < 4.78 is 28.1. The summed E-state index contributed by atoms with van der Waals surface area (Å²) in [6.45, 7) is 1.79. The number of hydrogen-bond donors (Lipinski definition) is 1. The van der Waals surface area contributed by atoms with Crippen LogP contribution in [-0.4, -0.2) is 20.6 Å². The summed E-state index contributed by atoms with van der Waals surface area (Å²) in [4.78, 5) is 12.2. The van der Waals surface area contributed by atoms with Crippen molar-refractivity contribution in [1.29, 1.82) is 0 Å². The van der Waals surface area contributed by atoms with E-state index in [1.54, 1.807) is 31.2 Å². The first-order valence-electron chi connectivity index (χ1n) is 6.02. The summed E-state index contributed by atoms with van der Waals surface area (Å²) in [7, 11) is -3.33. The van der Waals surface area contributed by atoms with Gasteiger partial charge in [-0.1, -0.05) is 6.07 Å². The predicted molar refractivity (Wildman–Crippen MR) is 74.1 cm³/mol. The maximum absolute atomic E-state index is 12.1. The topological polar surface area (TPSA) is 76.4 Å². The van der Waals surface area contributed by atoms with Crippen LogP contribution in [0.3, 0.4) is 0 Å². The normalized spacial score (nSPS) is 12.9. The highest BCUT2D eigenvalue weighted by Crippen LogP contribution is 2.15. The number of furan rings is 1. The molecule has 2 rings (SSSR count). The van der Waals surface area contributed by atoms with Gasteiger partial charge in [-0.2, -0.15) is 0 Å². The average molecular weight is 293 g/mol. The van der Waals surface area contributed by atoms with Gasteiger partial charge in [0.2, 0.25) is 0 Å². The van der Waals surface area contributed by atoms with Gasteiger partial charge in [0.05, 0.1) is 17.2 Å². The fraction of sp³-hybridized carbons (Fsp3) is 0.214. The first-order chi connectivity index (χ1) is 9.38. The van der Waals surface area contributed by atoms with Gasteiger partial charge in [-0.25, -0.2) is 8.42 Å². The second-order valence-corrected chi connectivity index (χ2v) is 6.53. The Morgan fingerprint density at radius 1 is 1.25 bits per heavy atom. The van der Waals surface area contributed by atoms with E-state index in [-0.39, 0.29) is 16.8 Å². The summed E-state index contributed by atoms with van der Waals surface area (Å²) in [6.07, 6.45) is 2.64. The van der Waals surface area contributed by atoms with Crippen molar-refractivity contribution in [2.75, 3.05) is 6.26 Å². The van der Waals surface area contributed by atoms with Crippen molar-refractivity contribution >= 4 is 15.7 Å². The van der Waals surface area contributed by atoms with Crippen molar-refractivity contribution in [3.05, 3.63) is 54.0 Å². The summed E-state index contributed by atoms with van der Waals surface area (Å²) in [5.74, 6) is 0.289. The molecule has 5 nitrogen and oxygen atoms in total. The van der Waals surface area contributed by atoms with Crippen molar-refractivity contribution in [3.63, 3.8) is 0 Å². The zero-order valence-corrected chi connectivity index (χ0v) is 12.0. The number of amides is 1. The van der Waals surface area contributed by atoms with E-state index in [9.17, 15) is 13.2 Å². The number of benzene rings is 1. The molecule has 6 heteroatoms. The Labute approximate surface area is 117 Å². The Kier molecular flexibility index (Phi) is 3.94. The van der Waals surface area contributed by atoms with Crippen molar-refractivity contribution in [2.45, 2.75) is 17.9 Å². The van der Waals surface area contributed by atoms with E-state index < -0.39 is 9.84 Å². The number of carbonyl (C=O) groups excluding carboxylic acids is 1. The van der Waals surface area contributed by atoms with Crippen molar-refractivity contribution in [2.24, 2.45) is 0 Å². The van der Waals surface area contributed by atoms with Crippen LogP contribution in [0.5, 0.6) is 0 Å². The quantitative estimate of drug-likeness (QED) is 0.937. The third-order valence-electron chi connectivity index (χ3n) is 2.84. The van der Waals surface area contributed by atoms with Gasteiger partial charge in [-0.15, -0.1) is 0 Å². The number of rotatable bonds is 4. The molecule has 1 atom stereocenters. The predicted octanol–water partition coefficient (Wildman–Crippen LogP) is 2.17. The third kappa shape index (κ3) is 3.27. The minimum atomic E-state index is -3.33. The van der Waals surface area contributed by atoms with Gasteiger partial charge >= 0.3 is 0 Å². The Balaban J connectivity index is 2.18. The smallest absolute Gasteiger partial charge is 0.251 e. The molecule has 1 unspecified atom stereocenters. The summed E-state index contributed by atoms with van der Waals surface area (Å²) in [6, 6.07) is 9.14. The first kappa shape index (κ1) is 14.3. The second-order valence-electron chi connectivity index (χ2n) is 4.51. The molecule has 2 aromatic rings. The Morgan fingerprint density at radius 2 is 2.00 bits per heavy atom. The van der Waals surface area contributed by atoms with Crippen LogP contribution in [-0.2, 0) is 9.84 Å². The highest BCUT2D eigenvalue weighted by molar-refractivity contribution is 7.90. The van der Waals surface area contributed by atoms with Crippen LogP contribution in [0, 0.1) is 0 Å². The van der Waals surface area contributed by atoms with Crippen molar-refractivity contribution in [1.82, 2.24) is 5.32 Å². The van der Waals surface area contributed by atoms with Gasteiger partial charge in [0.25, 0.3) is 5.91 Å². The van der Waals surface area contributed by atoms with Crippen LogP contribution in [0.1, 0.15) is 29.1 Å². The monoisotopic (exact) mass is 293 g/mol. The number of hydrogen-bond acceptors (Lipinski definition) is 4. The van der Waals surface area contributed by atoms with Gasteiger partial charge in [0.1, 0.15) is 5.76 Å². The molecule has 1 aromatic carbocycles. The zero-order valence-electron chi connectivity index (χ0n) is 11.2. The van der Waals surface area contributed by atoms with Crippen LogP contribution in [0.25, 0.3) is 0 Å². The largest absolute Gasteiger partial charge is 0.467 e. The van der Waals surface area contributed by atoms with Crippen LogP contribution in [0.4, 0.5) is 0 Å². The lowest BCUT2D eigenvalue weighted by atomic mass is 10.2. The summed E-state index contributed by atoms with van der Waals surface area (Å²) in [5, 5.41) is 2.75. The Morgan fingerprint density at radius 3 is 2.60 bits per heavy atom. The summed E-state index contributed by atoms with van der Waals surface area (Å²) in [5.41, 5.74) is 0.298. The van der Waals surface area contributed by atoms with Crippen molar-refractivity contribution in [3.8, 4) is 0 Å². The fourth-order valence-electron chi connectivity index (χ4n) is 1.76. The van der Waals surface area contributed by atoms with Gasteiger partial charge in [-0.3, -0.25) is 4.79 Å². The molecular formula is C14H15NO4S. The van der Waals surface area contributed by atoms with E-state index >= 15 is 0 Å². The van der Waals surface area contributed by atoms with E-state index in [0.29, 0.717) is 11.3 Å². The fourth-order valence-corrected chi connectivity index (χ4v) is 2.42. The molecular weight excluding hydrogens is 278 g/mol. The molecule has 0 saturated carbocycles. The minimum absolute atomic E-state index is 0.121. The molecule has 0 aliphatic rings. The maximum atomic E-state index is 12.1. The lowest BCUT2D eigenvalue weighted by Crippen LogP contribution is -2.26. The minimum Gasteiger partial charge on any atom is -0.467 e. The van der Waals surface area contributed by atoms with Gasteiger partial charge in [0.15, 0.2) is 9.84 Å². The molecule has 1 N–H and O–H groups in total. The lowest BCUT2D eigenvalue weighted by Gasteiger charge is -2.11. The Hall–Kier alpha value is -2.08. The first-order valence-corrected chi connectivity index (χ1v) is 7.91. The molecule has 1 heterocycles. The molecule has 0 saturated heterocycles. The molecule has 20 heavy (non-hydrogen) atoms. The molecule has 1 aromatic heterocycles. The molecule has 0 radical (unpaired) electrons. The SMILES string of the molecule is CC(NC(=O)c1cccc(S(C)(=O)=O)c1)c1ccco1. The highest BCUT2D eigenvalue weighted by atomic mass is 32.2. The zero-order chi connectivity index (χ0) is 14.8. The average Bonchev–Trinajstić information content (AvgIpc) is 2.91. The summed E-state index contributed by atoms with van der Waals surface area (Å²) >= 11 is 0. The van der Waals surface area contributed by atoms with Gasteiger partial charge in [0, 0.05) is 11.8 Å². The van der Waals surface area contributed by atoms with E-state index in [4.69, 9.17) is 4.42 Å². The van der Waals surface area contributed by atoms with E-state index in [2.05, 4.69) is 5.32 Å². The number of sulfone groups is 1. The standard InChI is InChI=1S/C14H15NO4S/c1-10(13-7-4-8-19-13)15-14(16)11-5-3-6-12(9-11)20(2,17)18/h3-10H,1-2H3,(H,15,16). The van der Waals surface area contributed by atoms with Crippen LogP contribution in [0.15, 0.2) is 52.0 Å². The van der Waals surface area contributed by atoms with E-state index in [0.717, 1.165) is 6.26 Å². The lowest BCUT2D eigenvalue weighted by molar-refractivity contribution is 0.0935. The van der Waals surface area contributed by atoms with E-state index in [1.165, 1.54) is 18.4 Å². The second kappa shape index (κ2) is 5.50. The molecule has 106 valence electrons.